The Morgan fingerprint density at radius 3 is 2.23 bits per heavy atom. The molecule has 160 valence electrons. The Kier molecular flexibility index (Phi) is 9.58. The number of rotatable bonds is 6. The molecule has 0 aliphatic carbocycles. The third-order valence-electron chi connectivity index (χ3n) is 4.43. The van der Waals surface area contributed by atoms with Gasteiger partial charge in [0.15, 0.2) is 11.5 Å². The first-order valence-corrected chi connectivity index (χ1v) is 10.8. The van der Waals surface area contributed by atoms with Crippen LogP contribution in [0.4, 0.5) is 11.5 Å². The number of hydrogen-bond acceptors (Lipinski definition) is 4. The second-order valence-electron chi connectivity index (χ2n) is 6.73. The van der Waals surface area contributed by atoms with E-state index in [0.29, 0.717) is 0 Å². The van der Waals surface area contributed by atoms with Crippen molar-refractivity contribution >= 4 is 17.2 Å². The molecule has 4 rings (SSSR count). The molecule has 3 heterocycles. The van der Waals surface area contributed by atoms with E-state index in [1.807, 2.05) is 54.6 Å². The lowest BCUT2D eigenvalue weighted by molar-refractivity contribution is 0.659. The number of unbranched alkanes of at least 4 members (excludes halogenated alkanes) is 1. The van der Waals surface area contributed by atoms with Gasteiger partial charge in [-0.25, -0.2) is 9.97 Å². The molecule has 4 aromatic rings. The zero-order valence-electron chi connectivity index (χ0n) is 18.8. The molecule has 0 aliphatic rings. The van der Waals surface area contributed by atoms with Gasteiger partial charge < -0.3 is 9.72 Å². The van der Waals surface area contributed by atoms with E-state index in [0.717, 1.165) is 30.1 Å². The maximum absolute atomic E-state index is 4.35. The maximum Gasteiger partial charge on any atom is 0.180 e. The number of nitrogens with zero attached hydrogens (tertiary/aromatic N) is 5. The van der Waals surface area contributed by atoms with Crippen LogP contribution in [0.2, 0.25) is 0 Å². The van der Waals surface area contributed by atoms with Gasteiger partial charge in [-0.1, -0.05) is 39.3 Å². The number of imidazole rings is 1. The molecule has 0 saturated carbocycles. The number of hydrogen-bond donors (Lipinski definition) is 1. The molecular weight excluding hydrogens is 372 g/mol. The van der Waals surface area contributed by atoms with Gasteiger partial charge in [0.25, 0.3) is 0 Å². The smallest absolute Gasteiger partial charge is 0.180 e. The molecule has 0 saturated heterocycles. The lowest BCUT2D eigenvalue weighted by Crippen LogP contribution is -1.97. The van der Waals surface area contributed by atoms with Crippen molar-refractivity contribution in [1.82, 2.24) is 24.1 Å². The van der Waals surface area contributed by atoms with Crippen molar-refractivity contribution < 1.29 is 0 Å². The third-order valence-corrected chi connectivity index (χ3v) is 4.43. The number of aromatic nitrogens is 5. The monoisotopic (exact) mass is 406 g/mol. The summed E-state index contributed by atoms with van der Waals surface area (Å²) < 4.78 is 3.86. The molecule has 0 bridgehead atoms. The molecule has 0 unspecified atom stereocenters. The molecule has 6 heteroatoms. The number of anilines is 2. The van der Waals surface area contributed by atoms with Crippen LogP contribution in [-0.4, -0.2) is 24.1 Å². The van der Waals surface area contributed by atoms with E-state index in [2.05, 4.69) is 58.5 Å². The molecule has 1 N–H and O–H groups in total. The Morgan fingerprint density at radius 2 is 1.67 bits per heavy atom. The van der Waals surface area contributed by atoms with Crippen molar-refractivity contribution in [3.63, 3.8) is 0 Å². The highest BCUT2D eigenvalue weighted by atomic mass is 15.3. The second kappa shape index (κ2) is 12.4. The minimum atomic E-state index is 0.777. The predicted molar refractivity (Wildman–Crippen MR) is 125 cm³/mol. The van der Waals surface area contributed by atoms with Gasteiger partial charge >= 0.3 is 0 Å². The summed E-state index contributed by atoms with van der Waals surface area (Å²) in [4.78, 5) is 8.66. The molecule has 0 aliphatic heterocycles. The lowest BCUT2D eigenvalue weighted by atomic mass is 10.1. The molecule has 0 amide bonds. The van der Waals surface area contributed by atoms with E-state index in [4.69, 9.17) is 0 Å². The van der Waals surface area contributed by atoms with Crippen LogP contribution >= 0.6 is 0 Å². The predicted octanol–water partition coefficient (Wildman–Crippen LogP) is 6.05. The maximum atomic E-state index is 4.35. The van der Waals surface area contributed by atoms with Crippen LogP contribution in [0.5, 0.6) is 0 Å². The fraction of sp³-hybridized carbons (Fsp3) is 0.375. The fourth-order valence-corrected chi connectivity index (χ4v) is 2.85. The molecule has 0 atom stereocenters. The largest absolute Gasteiger partial charge is 0.337 e. The minimum Gasteiger partial charge on any atom is -0.337 e. The zero-order valence-corrected chi connectivity index (χ0v) is 18.8. The normalized spacial score (nSPS) is 10.0. The third kappa shape index (κ3) is 6.72. The Labute approximate surface area is 180 Å². The molecule has 30 heavy (non-hydrogen) atoms. The van der Waals surface area contributed by atoms with Crippen molar-refractivity contribution in [2.24, 2.45) is 0 Å². The summed E-state index contributed by atoms with van der Waals surface area (Å²) in [6, 6.07) is 8.53. The SMILES string of the molecule is CC.CCCCc1ccc(Nc2nccn3ccnc23)cc1.CCn1cc(C)cn1. The van der Waals surface area contributed by atoms with Gasteiger partial charge in [-0.15, -0.1) is 0 Å². The Bertz CT molecular complexity index is 984. The van der Waals surface area contributed by atoms with Crippen LogP contribution < -0.4 is 5.32 Å². The standard InChI is InChI=1S/C16H18N4.C6H10N2.C2H6/c1-2-3-4-13-5-7-14(8-6-13)19-15-16-18-10-12-20(16)11-9-17-15;1-3-8-5-6(2)4-7-8;1-2/h5-12H,2-4H2,1H3,(H,17,19);4-5H,3H2,1-2H3;1-2H3. The summed E-state index contributed by atoms with van der Waals surface area (Å²) in [5.74, 6) is 0.777. The van der Waals surface area contributed by atoms with Gasteiger partial charge in [-0.3, -0.25) is 4.68 Å². The van der Waals surface area contributed by atoms with E-state index >= 15 is 0 Å². The molecule has 1 aromatic carbocycles. The Morgan fingerprint density at radius 1 is 0.967 bits per heavy atom. The molecular formula is C24H34N6. The topological polar surface area (TPSA) is 60.0 Å². The van der Waals surface area contributed by atoms with E-state index in [1.165, 1.54) is 24.0 Å². The van der Waals surface area contributed by atoms with Crippen LogP contribution in [0.3, 0.4) is 0 Å². The van der Waals surface area contributed by atoms with Crippen molar-refractivity contribution in [3.8, 4) is 0 Å². The van der Waals surface area contributed by atoms with E-state index < -0.39 is 0 Å². The summed E-state index contributed by atoms with van der Waals surface area (Å²) in [7, 11) is 0. The summed E-state index contributed by atoms with van der Waals surface area (Å²) in [6.45, 7) is 11.3. The summed E-state index contributed by atoms with van der Waals surface area (Å²) in [6.07, 6.45) is 14.8. The van der Waals surface area contributed by atoms with Crippen LogP contribution in [0.25, 0.3) is 5.65 Å². The van der Waals surface area contributed by atoms with Gasteiger partial charge in [0.05, 0.1) is 6.20 Å². The molecule has 0 radical (unpaired) electrons. The van der Waals surface area contributed by atoms with Gasteiger partial charge in [-0.2, -0.15) is 5.10 Å². The first-order valence-electron chi connectivity index (χ1n) is 10.8. The minimum absolute atomic E-state index is 0.777. The van der Waals surface area contributed by atoms with Crippen molar-refractivity contribution in [1.29, 1.82) is 0 Å². The number of benzene rings is 1. The highest BCUT2D eigenvalue weighted by molar-refractivity contribution is 5.69. The number of fused-ring (bicyclic) bond motifs is 1. The zero-order chi connectivity index (χ0) is 21.8. The van der Waals surface area contributed by atoms with Crippen LogP contribution in [-0.2, 0) is 13.0 Å². The fourth-order valence-electron chi connectivity index (χ4n) is 2.85. The van der Waals surface area contributed by atoms with Crippen molar-refractivity contribution in [2.75, 3.05) is 5.32 Å². The quantitative estimate of drug-likeness (QED) is 0.423. The summed E-state index contributed by atoms with van der Waals surface area (Å²) in [5.41, 5.74) is 4.48. The van der Waals surface area contributed by atoms with Crippen LogP contribution in [0.1, 0.15) is 51.7 Å². The van der Waals surface area contributed by atoms with Crippen molar-refractivity contribution in [2.45, 2.75) is 60.4 Å². The number of nitrogens with one attached hydrogen (secondary N) is 1. The van der Waals surface area contributed by atoms with Crippen LogP contribution in [0.15, 0.2) is 61.4 Å². The van der Waals surface area contributed by atoms with Gasteiger partial charge in [-0.05, 0) is 49.9 Å². The number of aryl methyl sites for hydroxylation is 3. The molecule has 0 spiro atoms. The molecule has 3 aromatic heterocycles. The second-order valence-corrected chi connectivity index (χ2v) is 6.73. The first kappa shape index (κ1) is 23.1. The summed E-state index contributed by atoms with van der Waals surface area (Å²) >= 11 is 0. The summed E-state index contributed by atoms with van der Waals surface area (Å²) in [5, 5.41) is 7.37. The van der Waals surface area contributed by atoms with Crippen LogP contribution in [0, 0.1) is 6.92 Å². The highest BCUT2D eigenvalue weighted by Crippen LogP contribution is 2.19. The first-order chi connectivity index (χ1) is 14.7. The lowest BCUT2D eigenvalue weighted by Gasteiger charge is -2.07. The molecule has 0 fully saturated rings. The van der Waals surface area contributed by atoms with Gasteiger partial charge in [0.2, 0.25) is 0 Å². The Hall–Kier alpha value is -3.15. The average Bonchev–Trinajstić information content (AvgIpc) is 3.44. The van der Waals surface area contributed by atoms with Gasteiger partial charge in [0, 0.05) is 43.2 Å². The van der Waals surface area contributed by atoms with Crippen molar-refractivity contribution in [3.05, 3.63) is 72.6 Å². The van der Waals surface area contributed by atoms with E-state index in [9.17, 15) is 0 Å². The van der Waals surface area contributed by atoms with E-state index in [1.54, 1.807) is 12.4 Å². The highest BCUT2D eigenvalue weighted by Gasteiger charge is 2.04. The van der Waals surface area contributed by atoms with Gasteiger partial charge in [0.1, 0.15) is 0 Å². The van der Waals surface area contributed by atoms with E-state index in [-0.39, 0.29) is 0 Å². The average molecular weight is 407 g/mol. The Balaban J connectivity index is 0.000000269. The molecule has 6 nitrogen and oxygen atoms in total.